The maximum Gasteiger partial charge on any atom is 0.357 e. The van der Waals surface area contributed by atoms with Crippen LogP contribution in [-0.2, 0) is 4.79 Å². The van der Waals surface area contributed by atoms with Crippen LogP contribution in [0.25, 0.3) is 0 Å². The summed E-state index contributed by atoms with van der Waals surface area (Å²) in [5.74, 6) is -1.12. The second kappa shape index (κ2) is 8.79. The third kappa shape index (κ3) is 5.04. The molecule has 1 aromatic carbocycles. The third-order valence-electron chi connectivity index (χ3n) is 3.05. The summed E-state index contributed by atoms with van der Waals surface area (Å²) >= 11 is 0. The monoisotopic (exact) mass is 362 g/mol. The highest BCUT2D eigenvalue weighted by Gasteiger charge is 2.44. The maximum atomic E-state index is 12.3. The van der Waals surface area contributed by atoms with Crippen molar-refractivity contribution in [1.29, 1.82) is 0 Å². The smallest absolute Gasteiger partial charge is 0.357 e. The van der Waals surface area contributed by atoms with Gasteiger partial charge in [0.2, 0.25) is 5.75 Å². The fourth-order valence-corrected chi connectivity index (χ4v) is 3.27. The number of carboxylic acid groups (broad SMARTS) is 1. The fraction of sp³-hybridized carbons (Fsp3) is 0.429. The summed E-state index contributed by atoms with van der Waals surface area (Å²) in [5.41, 5.74) is 4.43. The van der Waals surface area contributed by atoms with Crippen LogP contribution in [0.1, 0.15) is 16.8 Å². The molecule has 0 bridgehead atoms. The number of hydrogen-bond acceptors (Lipinski definition) is 8. The lowest BCUT2D eigenvalue weighted by Crippen LogP contribution is -2.14. The van der Waals surface area contributed by atoms with Crippen LogP contribution in [0.3, 0.4) is 0 Å². The molecule has 0 saturated carbocycles. The van der Waals surface area contributed by atoms with Crippen LogP contribution >= 0.6 is 7.72 Å². The Hall–Kier alpha value is -1.93. The first-order chi connectivity index (χ1) is 11.3. The Labute approximate surface area is 139 Å². The molecule has 0 fully saturated rings. The quantitative estimate of drug-likeness (QED) is 0.436. The van der Waals surface area contributed by atoms with Gasteiger partial charge in [-0.25, -0.2) is 19.4 Å². The van der Waals surface area contributed by atoms with E-state index in [0.717, 1.165) is 0 Å². The van der Waals surface area contributed by atoms with Crippen LogP contribution in [0, 0.1) is 0 Å². The topological polar surface area (TPSA) is 149 Å². The molecule has 0 saturated heterocycles. The van der Waals surface area contributed by atoms with E-state index >= 15 is 0 Å². The molecule has 24 heavy (non-hydrogen) atoms. The highest BCUT2D eigenvalue weighted by molar-refractivity contribution is 7.81. The van der Waals surface area contributed by atoms with E-state index in [4.69, 9.17) is 25.1 Å². The molecule has 9 nitrogen and oxygen atoms in total. The minimum atomic E-state index is -3.84. The first-order valence-corrected chi connectivity index (χ1v) is 8.84. The van der Waals surface area contributed by atoms with Crippen molar-refractivity contribution in [3.05, 3.63) is 17.7 Å². The summed E-state index contributed by atoms with van der Waals surface area (Å²) in [6.07, 6.45) is 0.171. The Morgan fingerprint density at radius 1 is 1.17 bits per heavy atom. The highest BCUT2D eigenvalue weighted by atomic mass is 31.2. The van der Waals surface area contributed by atoms with E-state index in [1.807, 2.05) is 0 Å². The van der Waals surface area contributed by atoms with Crippen LogP contribution in [0.5, 0.6) is 17.2 Å². The largest absolute Gasteiger partial charge is 0.493 e. The zero-order valence-electron chi connectivity index (χ0n) is 13.4. The second-order valence-electron chi connectivity index (χ2n) is 4.79. The van der Waals surface area contributed by atoms with Gasteiger partial charge < -0.3 is 25.1 Å². The molecular weight excluding hydrogens is 341 g/mol. The number of methoxy groups -OCH3 is 2. The summed E-state index contributed by atoms with van der Waals surface area (Å²) in [6, 6.07) is 2.48. The molecular formula is C14H21NO8P+. The molecule has 0 amide bonds. The fourth-order valence-electron chi connectivity index (χ4n) is 1.90. The van der Waals surface area contributed by atoms with E-state index in [1.165, 1.54) is 26.4 Å². The van der Waals surface area contributed by atoms with Crippen molar-refractivity contribution >= 4 is 19.2 Å². The van der Waals surface area contributed by atoms with Crippen LogP contribution in [0.15, 0.2) is 12.1 Å². The number of carboxylic acids is 1. The first kappa shape index (κ1) is 20.1. The van der Waals surface area contributed by atoms with Gasteiger partial charge in [-0.3, -0.25) is 0 Å². The molecule has 0 unspecified atom stereocenters. The Bertz CT molecular complexity index is 579. The summed E-state index contributed by atoms with van der Waals surface area (Å²) in [6.45, 7) is -0.405. The van der Waals surface area contributed by atoms with Crippen molar-refractivity contribution in [2.45, 2.75) is 6.42 Å². The van der Waals surface area contributed by atoms with Gasteiger partial charge in [0.05, 0.1) is 19.8 Å². The molecule has 0 aromatic heterocycles. The minimum absolute atomic E-state index is 0.000668. The van der Waals surface area contributed by atoms with Crippen molar-refractivity contribution in [3.63, 3.8) is 0 Å². The van der Waals surface area contributed by atoms with Gasteiger partial charge in [-0.2, -0.15) is 0 Å². The summed E-state index contributed by atoms with van der Waals surface area (Å²) < 4.78 is 15.3. The van der Waals surface area contributed by atoms with Crippen molar-refractivity contribution in [3.8, 4) is 17.2 Å². The third-order valence-corrected chi connectivity index (χ3v) is 4.90. The zero-order chi connectivity index (χ0) is 18.3. The predicted octanol–water partition coefficient (Wildman–Crippen LogP) is 0.488. The van der Waals surface area contributed by atoms with E-state index < -0.39 is 25.8 Å². The van der Waals surface area contributed by atoms with Crippen molar-refractivity contribution in [2.75, 3.05) is 33.5 Å². The molecule has 1 aromatic rings. The molecule has 0 aliphatic rings. The van der Waals surface area contributed by atoms with E-state index in [0.29, 0.717) is 6.42 Å². The molecule has 1 rings (SSSR count). The van der Waals surface area contributed by atoms with E-state index in [1.54, 1.807) is 0 Å². The average molecular weight is 362 g/mol. The van der Waals surface area contributed by atoms with Gasteiger partial charge in [0.25, 0.3) is 0 Å². The average Bonchev–Trinajstić information content (AvgIpc) is 2.56. The van der Waals surface area contributed by atoms with Crippen molar-refractivity contribution in [2.24, 2.45) is 5.73 Å². The van der Waals surface area contributed by atoms with E-state index in [9.17, 15) is 19.4 Å². The predicted molar refractivity (Wildman–Crippen MR) is 86.9 cm³/mol. The Morgan fingerprint density at radius 2 is 1.71 bits per heavy atom. The lowest BCUT2D eigenvalue weighted by Gasteiger charge is -2.16. The van der Waals surface area contributed by atoms with Crippen LogP contribution in [-0.4, -0.2) is 59.9 Å². The SMILES string of the molecule is COc1cc(C(=O)[P+](O)(O)CCCN)cc(OC)c1OCC(=O)O. The number of aliphatic carboxylic acids is 1. The van der Waals surface area contributed by atoms with Crippen molar-refractivity contribution < 1.29 is 38.7 Å². The van der Waals surface area contributed by atoms with Gasteiger partial charge in [-0.05, 0) is 25.1 Å². The van der Waals surface area contributed by atoms with Gasteiger partial charge >= 0.3 is 19.2 Å². The molecule has 134 valence electrons. The highest BCUT2D eigenvalue weighted by Crippen LogP contribution is 2.54. The first-order valence-electron chi connectivity index (χ1n) is 6.96. The summed E-state index contributed by atoms with van der Waals surface area (Å²) in [7, 11) is -1.25. The molecule has 5 N–H and O–H groups in total. The van der Waals surface area contributed by atoms with Crippen molar-refractivity contribution in [1.82, 2.24) is 0 Å². The zero-order valence-corrected chi connectivity index (χ0v) is 14.3. The van der Waals surface area contributed by atoms with Gasteiger partial charge in [0.1, 0.15) is 6.16 Å². The number of hydrogen-bond donors (Lipinski definition) is 4. The maximum absolute atomic E-state index is 12.3. The van der Waals surface area contributed by atoms with Crippen LogP contribution in [0.2, 0.25) is 0 Å². The number of carbonyl (C=O) groups is 2. The normalized spacial score (nSPS) is 11.0. The molecule has 0 radical (unpaired) electrons. The number of rotatable bonds is 10. The van der Waals surface area contributed by atoms with Gasteiger partial charge in [-0.15, -0.1) is 0 Å². The number of nitrogens with two attached hydrogens (primary N) is 1. The summed E-state index contributed by atoms with van der Waals surface area (Å²) in [4.78, 5) is 43.0. The van der Waals surface area contributed by atoms with Gasteiger partial charge in [-0.1, -0.05) is 0 Å². The standard InChI is InChI=1S/C14H20NO8P/c1-21-10-6-9(14(18)24(19,20)5-3-4-15)7-11(22-2)13(10)23-8-12(16)17/h6-7,19-20H,3-5,8,15H2,1-2H3/p+1. The van der Waals surface area contributed by atoms with Crippen LogP contribution in [0.4, 0.5) is 0 Å². The minimum Gasteiger partial charge on any atom is -0.493 e. The van der Waals surface area contributed by atoms with Crippen LogP contribution < -0.4 is 19.9 Å². The molecule has 0 aliphatic carbocycles. The summed E-state index contributed by atoms with van der Waals surface area (Å²) in [5, 5.41) is 8.70. The van der Waals surface area contributed by atoms with Gasteiger partial charge in [0.15, 0.2) is 18.1 Å². The lowest BCUT2D eigenvalue weighted by atomic mass is 10.2. The lowest BCUT2D eigenvalue weighted by molar-refractivity contribution is -0.139. The molecule has 0 aliphatic heterocycles. The Morgan fingerprint density at radius 3 is 2.12 bits per heavy atom. The molecule has 0 heterocycles. The number of ether oxygens (including phenoxy) is 3. The van der Waals surface area contributed by atoms with E-state index in [2.05, 4.69) is 0 Å². The molecule has 0 atom stereocenters. The Kier molecular flexibility index (Phi) is 7.37. The molecule has 0 spiro atoms. The van der Waals surface area contributed by atoms with E-state index in [-0.39, 0.29) is 35.5 Å². The Balaban J connectivity index is 3.22. The van der Waals surface area contributed by atoms with Gasteiger partial charge in [0, 0.05) is 0 Å². The number of benzene rings is 1. The number of carbonyl (C=O) groups excluding carboxylic acids is 1. The second-order valence-corrected chi connectivity index (χ2v) is 7.11. The molecule has 10 heteroatoms.